The third-order valence-electron chi connectivity index (χ3n) is 12.3. The summed E-state index contributed by atoms with van der Waals surface area (Å²) in [5.74, 6) is -7.20. The fourth-order valence-electron chi connectivity index (χ4n) is 9.45. The van der Waals surface area contributed by atoms with Crippen LogP contribution in [0.4, 0.5) is 4.79 Å². The summed E-state index contributed by atoms with van der Waals surface area (Å²) >= 11 is 0. The molecule has 0 aromatic heterocycles. The minimum absolute atomic E-state index is 0.111. The number of ether oxygens (including phenoxy) is 6. The first-order valence-electron chi connectivity index (χ1n) is 19.8. The van der Waals surface area contributed by atoms with E-state index in [1.54, 1.807) is 109 Å². The molecule has 1 heterocycles. The minimum atomic E-state index is -2.31. The van der Waals surface area contributed by atoms with Crippen molar-refractivity contribution < 1.29 is 67.4 Å². The number of nitrogens with one attached hydrogen (secondary N) is 1. The number of rotatable bonds is 9. The lowest BCUT2D eigenvalue weighted by atomic mass is 9.45. The number of carbonyl (C=O) groups is 6. The zero-order valence-corrected chi connectivity index (χ0v) is 35.2. The number of benzene rings is 2. The second-order valence-electron chi connectivity index (χ2n) is 17.8. The number of amides is 1. The zero-order chi connectivity index (χ0) is 44.2. The number of alkyl carbamates (subject to hydrolysis) is 1. The highest BCUT2D eigenvalue weighted by atomic mass is 16.6. The van der Waals surface area contributed by atoms with Crippen molar-refractivity contribution in [3.63, 3.8) is 0 Å². The predicted molar refractivity (Wildman–Crippen MR) is 211 cm³/mol. The van der Waals surface area contributed by atoms with Crippen LogP contribution in [0.5, 0.6) is 0 Å². The van der Waals surface area contributed by atoms with Crippen LogP contribution in [-0.4, -0.2) is 93.8 Å². The van der Waals surface area contributed by atoms with E-state index in [-0.39, 0.29) is 23.5 Å². The van der Waals surface area contributed by atoms with Crippen LogP contribution in [0.2, 0.25) is 0 Å². The zero-order valence-electron chi connectivity index (χ0n) is 35.2. The lowest BCUT2D eigenvalue weighted by molar-refractivity contribution is -0.311. The number of esters is 4. The molecule has 1 saturated carbocycles. The summed E-state index contributed by atoms with van der Waals surface area (Å²) in [6, 6.07) is 14.7. The normalized spacial score (nSPS) is 31.3. The number of hydrogen-bond acceptors (Lipinski definition) is 14. The van der Waals surface area contributed by atoms with Crippen LogP contribution < -0.4 is 5.32 Å². The van der Waals surface area contributed by atoms with Gasteiger partial charge in [-0.15, -0.1) is 0 Å². The van der Waals surface area contributed by atoms with Crippen molar-refractivity contribution in [2.75, 3.05) is 6.61 Å². The first-order chi connectivity index (χ1) is 28.0. The number of aliphatic hydroxyl groups is 2. The maximum Gasteiger partial charge on any atom is 0.408 e. The molecule has 1 amide bonds. The largest absolute Gasteiger partial charge is 0.455 e. The van der Waals surface area contributed by atoms with Gasteiger partial charge in [0.2, 0.25) is 0 Å². The van der Waals surface area contributed by atoms with Gasteiger partial charge >= 0.3 is 30.0 Å². The number of hydrogen-bond donors (Lipinski definition) is 3. The monoisotopic (exact) mass is 831 g/mol. The van der Waals surface area contributed by atoms with Gasteiger partial charge in [-0.1, -0.05) is 74.5 Å². The van der Waals surface area contributed by atoms with Crippen LogP contribution in [0, 0.1) is 22.7 Å². The smallest absolute Gasteiger partial charge is 0.408 e. The van der Waals surface area contributed by atoms with Gasteiger partial charge in [-0.05, 0) is 57.9 Å². The molecule has 0 spiro atoms. The number of allylic oxidation sites excluding steroid dienone is 1. The molecule has 2 bridgehead atoms. The van der Waals surface area contributed by atoms with E-state index in [2.05, 4.69) is 5.32 Å². The van der Waals surface area contributed by atoms with Gasteiger partial charge in [-0.3, -0.25) is 14.4 Å². The molecular formula is C45H53NO14. The molecule has 15 nitrogen and oxygen atoms in total. The van der Waals surface area contributed by atoms with E-state index in [0.29, 0.717) is 5.56 Å². The quantitative estimate of drug-likeness (QED) is 0.176. The molecule has 10 atom stereocenters. The Kier molecular flexibility index (Phi) is 11.7. The van der Waals surface area contributed by atoms with E-state index < -0.39 is 112 Å². The molecule has 1 unspecified atom stereocenters. The molecule has 0 radical (unpaired) electrons. The van der Waals surface area contributed by atoms with Crippen LogP contribution in [-0.2, 0) is 47.6 Å². The third-order valence-corrected chi connectivity index (χ3v) is 12.3. The van der Waals surface area contributed by atoms with Crippen LogP contribution in [0.25, 0.3) is 0 Å². The van der Waals surface area contributed by atoms with Gasteiger partial charge in [0.05, 0.1) is 29.5 Å². The third kappa shape index (κ3) is 7.74. The summed E-state index contributed by atoms with van der Waals surface area (Å²) in [6.45, 7) is 13.3. The van der Waals surface area contributed by atoms with Crippen molar-refractivity contribution in [3.8, 4) is 0 Å². The first kappa shape index (κ1) is 44.2. The number of fused-ring (bicyclic) bond motifs is 5. The minimum Gasteiger partial charge on any atom is -0.455 e. The Morgan fingerprint density at radius 1 is 0.917 bits per heavy atom. The van der Waals surface area contributed by atoms with E-state index in [1.165, 1.54) is 19.1 Å². The molecule has 1 saturated heterocycles. The Balaban J connectivity index is 1.52. The number of ketones is 1. The van der Waals surface area contributed by atoms with Crippen LogP contribution in [0.3, 0.4) is 0 Å². The summed E-state index contributed by atoms with van der Waals surface area (Å²) in [5, 5.41) is 27.8. The van der Waals surface area contributed by atoms with Crippen molar-refractivity contribution in [2.24, 2.45) is 22.7 Å². The average Bonchev–Trinajstić information content (AvgIpc) is 3.15. The molecule has 2 aromatic rings. The van der Waals surface area contributed by atoms with Crippen LogP contribution >= 0.6 is 0 Å². The van der Waals surface area contributed by atoms with Gasteiger partial charge in [0.1, 0.15) is 29.2 Å². The van der Waals surface area contributed by atoms with E-state index in [9.17, 15) is 34.2 Å². The molecule has 15 heteroatoms. The number of Topliss-reactive ketones (excluding diaryl/α,β-unsaturated/α-hetero) is 1. The van der Waals surface area contributed by atoms with E-state index in [0.717, 1.165) is 6.92 Å². The summed E-state index contributed by atoms with van der Waals surface area (Å²) < 4.78 is 35.6. The first-order valence-corrected chi connectivity index (χ1v) is 19.8. The Hall–Kier alpha value is -5.38. The van der Waals surface area contributed by atoms with Crippen LogP contribution in [0.15, 0.2) is 84.1 Å². The molecule has 3 N–H and O–H groups in total. The van der Waals surface area contributed by atoms with Gasteiger partial charge in [0, 0.05) is 31.6 Å². The lowest BCUT2D eigenvalue weighted by Crippen LogP contribution is -2.79. The average molecular weight is 832 g/mol. The van der Waals surface area contributed by atoms with E-state index in [4.69, 9.17) is 28.4 Å². The van der Waals surface area contributed by atoms with Crippen LogP contribution in [0.1, 0.15) is 90.7 Å². The van der Waals surface area contributed by atoms with E-state index in [1.807, 2.05) is 0 Å². The number of aliphatic hydroxyl groups excluding tert-OH is 1. The lowest BCUT2D eigenvalue weighted by Gasteiger charge is -2.65. The topological polar surface area (TPSA) is 210 Å². The highest BCUT2D eigenvalue weighted by Gasteiger charge is 2.76. The van der Waals surface area contributed by atoms with Crippen molar-refractivity contribution in [1.82, 2.24) is 5.32 Å². The Morgan fingerprint density at radius 2 is 1.53 bits per heavy atom. The van der Waals surface area contributed by atoms with Gasteiger partial charge in [-0.2, -0.15) is 0 Å². The molecule has 6 rings (SSSR count). The molecule has 2 fully saturated rings. The summed E-state index contributed by atoms with van der Waals surface area (Å²) in [7, 11) is 0. The maximum atomic E-state index is 15.4. The van der Waals surface area contributed by atoms with Crippen molar-refractivity contribution in [3.05, 3.63) is 95.3 Å². The van der Waals surface area contributed by atoms with Crippen molar-refractivity contribution >= 4 is 35.8 Å². The Morgan fingerprint density at radius 3 is 2.08 bits per heavy atom. The van der Waals surface area contributed by atoms with Gasteiger partial charge in [0.15, 0.2) is 23.6 Å². The fourth-order valence-corrected chi connectivity index (χ4v) is 9.45. The van der Waals surface area contributed by atoms with Crippen molar-refractivity contribution in [1.29, 1.82) is 0 Å². The Labute approximate surface area is 348 Å². The maximum absolute atomic E-state index is 15.4. The van der Waals surface area contributed by atoms with Gasteiger partial charge in [0.25, 0.3) is 0 Å². The standard InChI is InChI=1S/C45H53NO14/c1-24-29(57-39(52)33(49)32(27-16-12-10-13-17-27)46-40(53)60-41(4,5)6)22-45(54)37(58-38(51)28-18-14-11-15-19-28)35-43(9,21-20-30-44(35,23-55-30)59-26(3)48)36(50)34(56-25(2)47)31(24)42(45,7)8/h10-21,30-35,37,49,54H,22-23H2,1-9H3,(H,46,53)/t30-,31?,32+,33-,34-,35+,37+,43-,44+,45-/m1/s1. The molecule has 3 aliphatic carbocycles. The molecule has 1 aliphatic heterocycles. The predicted octanol–water partition coefficient (Wildman–Crippen LogP) is 4.84. The SMILES string of the molecule is CC(=O)O[C@H]1C(=O)[C@]2(C)C=C[C@H]3OC[C@@]3(OC(C)=O)[C@H]2[C@H](OC(=O)c2ccccc2)[C@]2(O)CC(OC(=O)[C@H](O)[C@@H](NC(=O)OC(C)(C)C)c3ccccc3)=C(C)C1C2(C)C. The second kappa shape index (κ2) is 15.9. The molecule has 322 valence electrons. The molecule has 2 aromatic carbocycles. The summed E-state index contributed by atoms with van der Waals surface area (Å²) in [6.07, 6.45) is -4.70. The highest BCUT2D eigenvalue weighted by molar-refractivity contribution is 5.94. The Bertz CT molecular complexity index is 2110. The highest BCUT2D eigenvalue weighted by Crippen LogP contribution is 2.64. The molecule has 4 aliphatic rings. The summed E-state index contributed by atoms with van der Waals surface area (Å²) in [4.78, 5) is 82.6. The molecule has 60 heavy (non-hydrogen) atoms. The number of carbonyl (C=O) groups excluding carboxylic acids is 6. The second-order valence-corrected chi connectivity index (χ2v) is 17.8. The van der Waals surface area contributed by atoms with E-state index >= 15 is 4.79 Å². The molecular weight excluding hydrogens is 778 g/mol. The fraction of sp³-hybridized carbons (Fsp3) is 0.511. The van der Waals surface area contributed by atoms with Crippen molar-refractivity contribution in [2.45, 2.75) is 116 Å². The van der Waals surface area contributed by atoms with Gasteiger partial charge < -0.3 is 44.0 Å². The summed E-state index contributed by atoms with van der Waals surface area (Å²) in [5.41, 5.74) is -7.52. The van der Waals surface area contributed by atoms with Gasteiger partial charge in [-0.25, -0.2) is 14.4 Å².